The molecule has 3 nitrogen and oxygen atoms in total. The molecule has 1 atom stereocenters. The minimum Gasteiger partial charge on any atom is -0.371 e. The number of rotatable bonds is 2. The van der Waals surface area contributed by atoms with E-state index in [1.807, 2.05) is 6.07 Å². The van der Waals surface area contributed by atoms with Crippen molar-refractivity contribution in [1.29, 1.82) is 0 Å². The predicted molar refractivity (Wildman–Crippen MR) is 57.5 cm³/mol. The molecule has 0 amide bonds. The summed E-state index contributed by atoms with van der Waals surface area (Å²) in [5, 5.41) is 2.91. The summed E-state index contributed by atoms with van der Waals surface area (Å²) in [6.07, 6.45) is 1.07. The summed E-state index contributed by atoms with van der Waals surface area (Å²) < 4.78 is 0. The summed E-state index contributed by atoms with van der Waals surface area (Å²) in [6.45, 7) is 2.49. The van der Waals surface area contributed by atoms with Gasteiger partial charge in [0, 0.05) is 18.8 Å². The summed E-state index contributed by atoms with van der Waals surface area (Å²) in [5.74, 6) is 0. The van der Waals surface area contributed by atoms with E-state index in [9.17, 15) is 4.91 Å². The van der Waals surface area contributed by atoms with E-state index in [1.165, 1.54) is 11.3 Å². The fourth-order valence-corrected chi connectivity index (χ4v) is 2.01. The third-order valence-corrected chi connectivity index (χ3v) is 2.95. The number of nitrogens with zero attached hydrogens (tertiary/aromatic N) is 2. The van der Waals surface area contributed by atoms with E-state index in [-0.39, 0.29) is 6.54 Å². The zero-order valence-corrected chi connectivity index (χ0v) is 8.53. The first-order valence-electron chi connectivity index (χ1n) is 4.86. The molecule has 0 aliphatic carbocycles. The molecule has 0 radical (unpaired) electrons. The molecule has 1 aliphatic rings. The molecule has 0 saturated carbocycles. The fraction of sp³-hybridized carbons (Fsp3) is 0.455. The predicted octanol–water partition coefficient (Wildman–Crippen LogP) is 2.33. The molecule has 1 aliphatic heterocycles. The van der Waals surface area contributed by atoms with Gasteiger partial charge >= 0.3 is 0 Å². The third-order valence-electron chi connectivity index (χ3n) is 2.95. The van der Waals surface area contributed by atoms with Gasteiger partial charge in [0.2, 0.25) is 0 Å². The highest BCUT2D eigenvalue weighted by atomic mass is 16.3. The standard InChI is InChI=1S/C11H14N2O/c1-8-5-10-6-9(7-12-14)3-4-11(10)13(8)2/h3-4,6,8H,5,7H2,1-2H3. The molecule has 1 unspecified atom stereocenters. The van der Waals surface area contributed by atoms with Crippen molar-refractivity contribution in [3.63, 3.8) is 0 Å². The molecule has 1 aromatic carbocycles. The lowest BCUT2D eigenvalue weighted by Crippen LogP contribution is -2.23. The number of hydrogen-bond acceptors (Lipinski definition) is 3. The maximum atomic E-state index is 10.1. The first-order chi connectivity index (χ1) is 6.72. The van der Waals surface area contributed by atoms with E-state index >= 15 is 0 Å². The van der Waals surface area contributed by atoms with Crippen molar-refractivity contribution in [2.45, 2.75) is 25.9 Å². The van der Waals surface area contributed by atoms with Crippen LogP contribution in [0, 0.1) is 4.91 Å². The molecule has 1 aromatic rings. The van der Waals surface area contributed by atoms with Crippen molar-refractivity contribution >= 4 is 5.69 Å². The second-order valence-corrected chi connectivity index (χ2v) is 3.91. The first-order valence-corrected chi connectivity index (χ1v) is 4.86. The van der Waals surface area contributed by atoms with Crippen LogP contribution in [0.5, 0.6) is 0 Å². The number of nitroso groups, excluding NO2 is 1. The van der Waals surface area contributed by atoms with Crippen molar-refractivity contribution < 1.29 is 0 Å². The number of fused-ring (bicyclic) bond motifs is 1. The number of benzene rings is 1. The largest absolute Gasteiger partial charge is 0.371 e. The average Bonchev–Trinajstić information content (AvgIpc) is 2.43. The monoisotopic (exact) mass is 190 g/mol. The van der Waals surface area contributed by atoms with E-state index in [0.29, 0.717) is 6.04 Å². The van der Waals surface area contributed by atoms with Crippen molar-refractivity contribution in [3.05, 3.63) is 34.2 Å². The second-order valence-electron chi connectivity index (χ2n) is 3.91. The molecule has 3 heteroatoms. The summed E-state index contributed by atoms with van der Waals surface area (Å²) in [5.41, 5.74) is 3.63. The van der Waals surface area contributed by atoms with Crippen molar-refractivity contribution in [2.75, 3.05) is 11.9 Å². The lowest BCUT2D eigenvalue weighted by Gasteiger charge is -2.18. The molecular weight excluding hydrogens is 176 g/mol. The van der Waals surface area contributed by atoms with Crippen LogP contribution >= 0.6 is 0 Å². The third kappa shape index (κ3) is 1.39. The molecule has 1 heterocycles. The molecule has 74 valence electrons. The van der Waals surface area contributed by atoms with E-state index in [1.54, 1.807) is 0 Å². The number of anilines is 1. The highest BCUT2D eigenvalue weighted by Crippen LogP contribution is 2.31. The summed E-state index contributed by atoms with van der Waals surface area (Å²) in [6, 6.07) is 6.72. The molecule has 0 aromatic heterocycles. The molecule has 0 bridgehead atoms. The quantitative estimate of drug-likeness (QED) is 0.670. The van der Waals surface area contributed by atoms with E-state index in [4.69, 9.17) is 0 Å². The van der Waals surface area contributed by atoms with E-state index < -0.39 is 0 Å². The summed E-state index contributed by atoms with van der Waals surface area (Å²) in [4.78, 5) is 12.4. The number of hydrogen-bond donors (Lipinski definition) is 0. The van der Waals surface area contributed by atoms with E-state index in [0.717, 1.165) is 12.0 Å². The summed E-state index contributed by atoms with van der Waals surface area (Å²) >= 11 is 0. The average molecular weight is 190 g/mol. The van der Waals surface area contributed by atoms with Crippen LogP contribution in [0.3, 0.4) is 0 Å². The SMILES string of the molecule is CC1Cc2cc(CN=O)ccc2N1C. The molecule has 2 rings (SSSR count). The first kappa shape index (κ1) is 9.19. The van der Waals surface area contributed by atoms with Gasteiger partial charge in [0.25, 0.3) is 0 Å². The van der Waals surface area contributed by atoms with Gasteiger partial charge in [0.1, 0.15) is 6.54 Å². The molecule has 0 saturated heterocycles. The van der Waals surface area contributed by atoms with Gasteiger partial charge in [-0.1, -0.05) is 17.3 Å². The van der Waals surface area contributed by atoms with Crippen LogP contribution in [-0.4, -0.2) is 13.1 Å². The molecule has 0 N–H and O–H groups in total. The van der Waals surface area contributed by atoms with Gasteiger partial charge in [-0.2, -0.15) is 4.91 Å². The van der Waals surface area contributed by atoms with Crippen molar-refractivity contribution in [1.82, 2.24) is 0 Å². The van der Waals surface area contributed by atoms with Crippen molar-refractivity contribution in [3.8, 4) is 0 Å². The summed E-state index contributed by atoms with van der Waals surface area (Å²) in [7, 11) is 2.11. The minimum absolute atomic E-state index is 0.283. The minimum atomic E-state index is 0.283. The Morgan fingerprint density at radius 1 is 1.57 bits per heavy atom. The van der Waals surface area contributed by atoms with Crippen LogP contribution in [-0.2, 0) is 13.0 Å². The Kier molecular flexibility index (Phi) is 2.23. The molecule has 0 spiro atoms. The smallest absolute Gasteiger partial charge is 0.106 e. The highest BCUT2D eigenvalue weighted by molar-refractivity contribution is 5.59. The zero-order chi connectivity index (χ0) is 10.1. The molecular formula is C11H14N2O. The Hall–Kier alpha value is -1.38. The van der Waals surface area contributed by atoms with Gasteiger partial charge < -0.3 is 4.90 Å². The zero-order valence-electron chi connectivity index (χ0n) is 8.53. The van der Waals surface area contributed by atoms with Crippen molar-refractivity contribution in [2.24, 2.45) is 5.18 Å². The van der Waals surface area contributed by atoms with Gasteiger partial charge in [0.05, 0.1) is 0 Å². The maximum absolute atomic E-state index is 10.1. The highest BCUT2D eigenvalue weighted by Gasteiger charge is 2.22. The van der Waals surface area contributed by atoms with Gasteiger partial charge in [-0.05, 0) is 30.5 Å². The van der Waals surface area contributed by atoms with Crippen LogP contribution in [0.1, 0.15) is 18.1 Å². The lowest BCUT2D eigenvalue weighted by molar-refractivity contribution is 0.732. The number of likely N-dealkylation sites (N-methyl/N-ethyl adjacent to an activating group) is 1. The fourth-order valence-electron chi connectivity index (χ4n) is 2.01. The van der Waals surface area contributed by atoms with Crippen LogP contribution in [0.2, 0.25) is 0 Å². The Morgan fingerprint density at radius 3 is 3.07 bits per heavy atom. The van der Waals surface area contributed by atoms with Gasteiger partial charge in [0.15, 0.2) is 0 Å². The Bertz CT molecular complexity index is 362. The van der Waals surface area contributed by atoms with Gasteiger partial charge in [-0.15, -0.1) is 0 Å². The Labute approximate surface area is 83.7 Å². The Morgan fingerprint density at radius 2 is 2.36 bits per heavy atom. The molecule has 0 fully saturated rings. The Balaban J connectivity index is 2.34. The van der Waals surface area contributed by atoms with Gasteiger partial charge in [-0.3, -0.25) is 0 Å². The normalized spacial score (nSPS) is 19.6. The van der Waals surface area contributed by atoms with Crippen LogP contribution in [0.25, 0.3) is 0 Å². The van der Waals surface area contributed by atoms with Crippen LogP contribution < -0.4 is 4.90 Å². The van der Waals surface area contributed by atoms with E-state index in [2.05, 4.69) is 36.2 Å². The van der Waals surface area contributed by atoms with Gasteiger partial charge in [-0.25, -0.2) is 0 Å². The maximum Gasteiger partial charge on any atom is 0.106 e. The topological polar surface area (TPSA) is 32.7 Å². The lowest BCUT2D eigenvalue weighted by atomic mass is 10.1. The second kappa shape index (κ2) is 3.40. The van der Waals surface area contributed by atoms with Crippen LogP contribution in [0.15, 0.2) is 23.4 Å². The van der Waals surface area contributed by atoms with Crippen LogP contribution in [0.4, 0.5) is 5.69 Å². The molecule has 14 heavy (non-hydrogen) atoms.